The quantitative estimate of drug-likeness (QED) is 0.567. The third kappa shape index (κ3) is 1.82. The molecule has 0 aliphatic heterocycles. The Kier molecular flexibility index (Phi) is 2.36. The first-order valence-corrected chi connectivity index (χ1v) is 4.56. The fourth-order valence-corrected chi connectivity index (χ4v) is 1.75. The molecule has 1 saturated carbocycles. The normalized spacial score (nSPS) is 38.6. The highest BCUT2D eigenvalue weighted by Crippen LogP contribution is 2.38. The lowest BCUT2D eigenvalue weighted by Crippen LogP contribution is -2.30. The first-order chi connectivity index (χ1) is 5.04. The topological polar surface area (TPSA) is 17.1 Å². The number of Topliss-reactive ketones (excluding diaryl/α,β-unsaturated/α-hetero) is 1. The molecule has 0 spiro atoms. The molecule has 0 aromatic rings. The SMILES string of the molecule is CC(=O)[C@]1(C)CC[C@@H](C)CC1. The van der Waals surface area contributed by atoms with E-state index in [-0.39, 0.29) is 5.41 Å². The van der Waals surface area contributed by atoms with E-state index in [1.165, 1.54) is 12.8 Å². The molecule has 1 heteroatoms. The van der Waals surface area contributed by atoms with Gasteiger partial charge in [-0.2, -0.15) is 0 Å². The molecule has 1 aliphatic carbocycles. The third-order valence-electron chi connectivity index (χ3n) is 3.23. The van der Waals surface area contributed by atoms with Crippen molar-refractivity contribution in [1.29, 1.82) is 0 Å². The van der Waals surface area contributed by atoms with Gasteiger partial charge in [-0.15, -0.1) is 0 Å². The van der Waals surface area contributed by atoms with Gasteiger partial charge in [0.2, 0.25) is 0 Å². The van der Waals surface area contributed by atoms with Gasteiger partial charge in [0, 0.05) is 5.41 Å². The van der Waals surface area contributed by atoms with Gasteiger partial charge in [0.25, 0.3) is 0 Å². The van der Waals surface area contributed by atoms with E-state index < -0.39 is 0 Å². The number of carbonyl (C=O) groups excluding carboxylic acids is 1. The molecule has 1 aliphatic rings. The van der Waals surface area contributed by atoms with E-state index in [1.54, 1.807) is 6.92 Å². The van der Waals surface area contributed by atoms with Gasteiger partial charge < -0.3 is 0 Å². The van der Waals surface area contributed by atoms with Crippen molar-refractivity contribution in [1.82, 2.24) is 0 Å². The molecule has 0 saturated heterocycles. The molecular weight excluding hydrogens is 136 g/mol. The minimum atomic E-state index is 0.0203. The smallest absolute Gasteiger partial charge is 0.135 e. The molecule has 1 rings (SSSR count). The molecule has 0 aromatic carbocycles. The third-order valence-corrected chi connectivity index (χ3v) is 3.23. The summed E-state index contributed by atoms with van der Waals surface area (Å²) in [5.74, 6) is 1.21. The lowest BCUT2D eigenvalue weighted by atomic mass is 9.70. The Morgan fingerprint density at radius 2 is 1.82 bits per heavy atom. The highest BCUT2D eigenvalue weighted by molar-refractivity contribution is 5.81. The van der Waals surface area contributed by atoms with Crippen molar-refractivity contribution in [2.75, 3.05) is 0 Å². The number of hydrogen-bond acceptors (Lipinski definition) is 1. The number of hydrogen-bond donors (Lipinski definition) is 0. The maximum atomic E-state index is 11.2. The van der Waals surface area contributed by atoms with Gasteiger partial charge in [-0.1, -0.05) is 13.8 Å². The largest absolute Gasteiger partial charge is 0.299 e. The van der Waals surface area contributed by atoms with Crippen LogP contribution in [0.2, 0.25) is 0 Å². The number of ketones is 1. The van der Waals surface area contributed by atoms with E-state index in [4.69, 9.17) is 0 Å². The molecule has 0 heterocycles. The summed E-state index contributed by atoms with van der Waals surface area (Å²) in [6, 6.07) is 0. The zero-order chi connectivity index (χ0) is 8.48. The predicted octanol–water partition coefficient (Wildman–Crippen LogP) is 2.79. The molecule has 0 atom stereocenters. The van der Waals surface area contributed by atoms with E-state index >= 15 is 0 Å². The van der Waals surface area contributed by atoms with E-state index in [1.807, 2.05) is 0 Å². The van der Waals surface area contributed by atoms with Crippen molar-refractivity contribution in [3.8, 4) is 0 Å². The minimum absolute atomic E-state index is 0.0203. The Bertz CT molecular complexity index is 152. The fraction of sp³-hybridized carbons (Fsp3) is 0.900. The van der Waals surface area contributed by atoms with Gasteiger partial charge in [0.15, 0.2) is 0 Å². The second-order valence-electron chi connectivity index (χ2n) is 4.30. The molecule has 64 valence electrons. The van der Waals surface area contributed by atoms with Crippen molar-refractivity contribution in [2.45, 2.75) is 46.5 Å². The molecule has 0 unspecified atom stereocenters. The second kappa shape index (κ2) is 2.96. The van der Waals surface area contributed by atoms with Crippen LogP contribution in [0.4, 0.5) is 0 Å². The van der Waals surface area contributed by atoms with Gasteiger partial charge in [-0.3, -0.25) is 4.79 Å². The van der Waals surface area contributed by atoms with Crippen LogP contribution >= 0.6 is 0 Å². The van der Waals surface area contributed by atoms with Crippen molar-refractivity contribution in [2.24, 2.45) is 11.3 Å². The molecule has 1 fully saturated rings. The van der Waals surface area contributed by atoms with Crippen LogP contribution in [-0.4, -0.2) is 5.78 Å². The summed E-state index contributed by atoms with van der Waals surface area (Å²) in [4.78, 5) is 11.2. The second-order valence-corrected chi connectivity index (χ2v) is 4.30. The summed E-state index contributed by atoms with van der Waals surface area (Å²) in [6.07, 6.45) is 4.67. The minimum Gasteiger partial charge on any atom is -0.299 e. The highest BCUT2D eigenvalue weighted by Gasteiger charge is 2.33. The molecule has 0 N–H and O–H groups in total. The zero-order valence-electron chi connectivity index (χ0n) is 7.81. The van der Waals surface area contributed by atoms with Gasteiger partial charge in [-0.05, 0) is 38.5 Å². The molecule has 0 bridgehead atoms. The lowest BCUT2D eigenvalue weighted by Gasteiger charge is -2.33. The van der Waals surface area contributed by atoms with Crippen LogP contribution in [0.25, 0.3) is 0 Å². The standard InChI is InChI=1S/C10H18O/c1-8-4-6-10(3,7-5-8)9(2)11/h8H,4-7H2,1-3H3/t8-,10-. The number of rotatable bonds is 1. The summed E-state index contributed by atoms with van der Waals surface area (Å²) in [6.45, 7) is 6.12. The maximum Gasteiger partial charge on any atom is 0.135 e. The van der Waals surface area contributed by atoms with E-state index in [2.05, 4.69) is 13.8 Å². The van der Waals surface area contributed by atoms with Crippen LogP contribution in [0.5, 0.6) is 0 Å². The molecule has 11 heavy (non-hydrogen) atoms. The molecule has 0 amide bonds. The van der Waals surface area contributed by atoms with E-state index in [9.17, 15) is 4.79 Å². The van der Waals surface area contributed by atoms with Crippen LogP contribution in [0, 0.1) is 11.3 Å². The zero-order valence-corrected chi connectivity index (χ0v) is 7.81. The van der Waals surface area contributed by atoms with E-state index in [0.717, 1.165) is 18.8 Å². The Morgan fingerprint density at radius 1 is 1.36 bits per heavy atom. The van der Waals surface area contributed by atoms with Crippen LogP contribution in [0.3, 0.4) is 0 Å². The summed E-state index contributed by atoms with van der Waals surface area (Å²) < 4.78 is 0. The summed E-state index contributed by atoms with van der Waals surface area (Å²) in [7, 11) is 0. The Labute approximate surface area is 69.2 Å². The molecule has 1 nitrogen and oxygen atoms in total. The Hall–Kier alpha value is -0.330. The van der Waals surface area contributed by atoms with Gasteiger partial charge in [0.1, 0.15) is 5.78 Å². The Balaban J connectivity index is 2.55. The van der Waals surface area contributed by atoms with Crippen LogP contribution in [0.1, 0.15) is 46.5 Å². The summed E-state index contributed by atoms with van der Waals surface area (Å²) in [5, 5.41) is 0. The Morgan fingerprint density at radius 3 is 2.18 bits per heavy atom. The van der Waals surface area contributed by atoms with Gasteiger partial charge >= 0.3 is 0 Å². The summed E-state index contributed by atoms with van der Waals surface area (Å²) >= 11 is 0. The average molecular weight is 154 g/mol. The van der Waals surface area contributed by atoms with Crippen molar-refractivity contribution >= 4 is 5.78 Å². The van der Waals surface area contributed by atoms with E-state index in [0.29, 0.717) is 5.78 Å². The van der Waals surface area contributed by atoms with Crippen LogP contribution < -0.4 is 0 Å². The average Bonchev–Trinajstić information content (AvgIpc) is 1.95. The first kappa shape index (κ1) is 8.76. The van der Waals surface area contributed by atoms with Crippen molar-refractivity contribution < 1.29 is 4.79 Å². The van der Waals surface area contributed by atoms with Gasteiger partial charge in [-0.25, -0.2) is 0 Å². The van der Waals surface area contributed by atoms with Crippen molar-refractivity contribution in [3.05, 3.63) is 0 Å². The lowest BCUT2D eigenvalue weighted by molar-refractivity contribution is -0.127. The summed E-state index contributed by atoms with van der Waals surface area (Å²) in [5.41, 5.74) is 0.0203. The van der Waals surface area contributed by atoms with Crippen LogP contribution in [-0.2, 0) is 4.79 Å². The van der Waals surface area contributed by atoms with Gasteiger partial charge in [0.05, 0.1) is 0 Å². The maximum absolute atomic E-state index is 11.2. The monoisotopic (exact) mass is 154 g/mol. The molecule has 0 radical (unpaired) electrons. The fourth-order valence-electron chi connectivity index (χ4n) is 1.75. The van der Waals surface area contributed by atoms with Crippen LogP contribution in [0.15, 0.2) is 0 Å². The highest BCUT2D eigenvalue weighted by atomic mass is 16.1. The molecular formula is C10H18O. The predicted molar refractivity (Wildman–Crippen MR) is 46.4 cm³/mol. The van der Waals surface area contributed by atoms with Crippen molar-refractivity contribution in [3.63, 3.8) is 0 Å². The molecule has 0 aromatic heterocycles. The first-order valence-electron chi connectivity index (χ1n) is 4.56. The number of carbonyl (C=O) groups is 1.